The van der Waals surface area contributed by atoms with Gasteiger partial charge in [0, 0.05) is 25.7 Å². The van der Waals surface area contributed by atoms with Crippen molar-refractivity contribution in [2.45, 2.75) is 26.6 Å². The summed E-state index contributed by atoms with van der Waals surface area (Å²) in [7, 11) is 0. The zero-order valence-corrected chi connectivity index (χ0v) is 10.8. The third kappa shape index (κ3) is 2.66. The second-order valence-electron chi connectivity index (χ2n) is 4.78. The molecule has 0 amide bonds. The van der Waals surface area contributed by atoms with Crippen LogP contribution >= 0.6 is 0 Å². The molecule has 0 atom stereocenters. The van der Waals surface area contributed by atoms with Crippen molar-refractivity contribution in [3.8, 4) is 0 Å². The Morgan fingerprint density at radius 1 is 1.26 bits per heavy atom. The van der Waals surface area contributed by atoms with Gasteiger partial charge in [-0.05, 0) is 23.6 Å². The molecular weight excluding hydrogens is 240 g/mol. The van der Waals surface area contributed by atoms with E-state index in [1.807, 2.05) is 0 Å². The number of H-pyrrole nitrogens is 1. The maximum atomic E-state index is 11.3. The van der Waals surface area contributed by atoms with Gasteiger partial charge in [-0.25, -0.2) is 4.98 Å². The van der Waals surface area contributed by atoms with Gasteiger partial charge in [-0.15, -0.1) is 0 Å². The van der Waals surface area contributed by atoms with Gasteiger partial charge >= 0.3 is 0 Å². The van der Waals surface area contributed by atoms with E-state index >= 15 is 0 Å². The third-order valence-electron chi connectivity index (χ3n) is 3.24. The predicted octanol–water partition coefficient (Wildman–Crippen LogP) is 1.29. The molecule has 0 spiro atoms. The zero-order valence-electron chi connectivity index (χ0n) is 10.8. The van der Waals surface area contributed by atoms with Crippen LogP contribution in [0.3, 0.4) is 0 Å². The molecule has 3 rings (SSSR count). The maximum absolute atomic E-state index is 11.3. The molecule has 19 heavy (non-hydrogen) atoms. The van der Waals surface area contributed by atoms with Crippen LogP contribution in [-0.2, 0) is 19.6 Å². The molecule has 0 saturated carbocycles. The van der Waals surface area contributed by atoms with E-state index in [1.165, 1.54) is 22.8 Å². The van der Waals surface area contributed by atoms with Crippen molar-refractivity contribution < 1.29 is 0 Å². The van der Waals surface area contributed by atoms with Gasteiger partial charge in [-0.1, -0.05) is 18.2 Å². The molecule has 0 unspecified atom stereocenters. The summed E-state index contributed by atoms with van der Waals surface area (Å²) in [6, 6.07) is 7.94. The minimum absolute atomic E-state index is 0.131. The second kappa shape index (κ2) is 4.85. The van der Waals surface area contributed by atoms with E-state index < -0.39 is 0 Å². The highest BCUT2D eigenvalue weighted by Crippen LogP contribution is 2.17. The van der Waals surface area contributed by atoms with Crippen LogP contribution in [0.15, 0.2) is 29.1 Å². The molecular formula is C14H16N4O. The van der Waals surface area contributed by atoms with Crippen LogP contribution in [0.2, 0.25) is 0 Å². The molecule has 1 aliphatic heterocycles. The van der Waals surface area contributed by atoms with Gasteiger partial charge in [0.25, 0.3) is 5.56 Å². The highest BCUT2D eigenvalue weighted by Gasteiger charge is 2.09. The number of aryl methyl sites for hydroxylation is 1. The molecule has 1 aromatic carbocycles. The summed E-state index contributed by atoms with van der Waals surface area (Å²) >= 11 is 0. The van der Waals surface area contributed by atoms with Crippen LogP contribution in [0.5, 0.6) is 0 Å². The van der Waals surface area contributed by atoms with Gasteiger partial charge in [0.05, 0.1) is 0 Å². The van der Waals surface area contributed by atoms with Crippen LogP contribution in [0.4, 0.5) is 5.82 Å². The van der Waals surface area contributed by atoms with Crippen molar-refractivity contribution >= 4 is 5.82 Å². The van der Waals surface area contributed by atoms with Crippen LogP contribution in [0, 0.1) is 6.92 Å². The molecule has 1 aliphatic rings. The molecule has 2 aromatic rings. The summed E-state index contributed by atoms with van der Waals surface area (Å²) in [5, 5.41) is 6.51. The lowest BCUT2D eigenvalue weighted by atomic mass is 10.1. The lowest BCUT2D eigenvalue weighted by Crippen LogP contribution is -2.11. The minimum Gasteiger partial charge on any atom is -0.366 e. The Kier molecular flexibility index (Phi) is 3.05. The monoisotopic (exact) mass is 256 g/mol. The van der Waals surface area contributed by atoms with E-state index in [4.69, 9.17) is 0 Å². The van der Waals surface area contributed by atoms with E-state index in [1.54, 1.807) is 6.92 Å². The van der Waals surface area contributed by atoms with Crippen LogP contribution in [0.25, 0.3) is 0 Å². The standard InChI is InChI=1S/C14H16N4O/c1-9-17-13(5-14(19)18-9)16-6-10-2-3-11-7-15-8-12(11)4-10/h2-5,15H,6-8H2,1H3,(H2,16,17,18,19). The summed E-state index contributed by atoms with van der Waals surface area (Å²) in [5.74, 6) is 1.23. The number of hydrogen-bond donors (Lipinski definition) is 3. The van der Waals surface area contributed by atoms with Crippen LogP contribution in [0.1, 0.15) is 22.5 Å². The summed E-state index contributed by atoms with van der Waals surface area (Å²) in [6.07, 6.45) is 0. The Hall–Kier alpha value is -2.14. The molecule has 5 nitrogen and oxygen atoms in total. The van der Waals surface area contributed by atoms with Crippen molar-refractivity contribution in [2.75, 3.05) is 5.32 Å². The summed E-state index contributed by atoms with van der Waals surface area (Å²) in [5.41, 5.74) is 3.79. The first-order chi connectivity index (χ1) is 9.20. The number of benzene rings is 1. The molecule has 1 aromatic heterocycles. The van der Waals surface area contributed by atoms with Gasteiger partial charge in [-0.2, -0.15) is 0 Å². The molecule has 0 radical (unpaired) electrons. The minimum atomic E-state index is -0.131. The topological polar surface area (TPSA) is 69.8 Å². The Bertz CT molecular complexity index is 663. The summed E-state index contributed by atoms with van der Waals surface area (Å²) in [4.78, 5) is 18.2. The van der Waals surface area contributed by atoms with Crippen molar-refractivity contribution in [1.82, 2.24) is 15.3 Å². The molecule has 0 saturated heterocycles. The first kappa shape index (κ1) is 11.9. The normalized spacial score (nSPS) is 13.3. The molecule has 0 bridgehead atoms. The molecule has 0 aliphatic carbocycles. The van der Waals surface area contributed by atoms with Crippen molar-refractivity contribution in [1.29, 1.82) is 0 Å². The third-order valence-corrected chi connectivity index (χ3v) is 3.24. The van der Waals surface area contributed by atoms with Crippen LogP contribution in [-0.4, -0.2) is 9.97 Å². The molecule has 5 heteroatoms. The van der Waals surface area contributed by atoms with Gasteiger partial charge in [0.2, 0.25) is 0 Å². The number of nitrogens with one attached hydrogen (secondary N) is 3. The number of rotatable bonds is 3. The first-order valence-electron chi connectivity index (χ1n) is 6.34. The Morgan fingerprint density at radius 2 is 2.11 bits per heavy atom. The Balaban J connectivity index is 1.74. The number of nitrogens with zero attached hydrogens (tertiary/aromatic N) is 1. The van der Waals surface area contributed by atoms with E-state index in [-0.39, 0.29) is 5.56 Å². The second-order valence-corrected chi connectivity index (χ2v) is 4.78. The van der Waals surface area contributed by atoms with E-state index in [0.717, 1.165) is 13.1 Å². The highest BCUT2D eigenvalue weighted by molar-refractivity contribution is 5.38. The SMILES string of the molecule is Cc1nc(NCc2ccc3c(c2)CNC3)cc(=O)[nH]1. The summed E-state index contributed by atoms with van der Waals surface area (Å²) in [6.45, 7) is 4.33. The molecule has 98 valence electrons. The maximum Gasteiger partial charge on any atom is 0.252 e. The number of fused-ring (bicyclic) bond motifs is 1. The van der Waals surface area contributed by atoms with Gasteiger partial charge in [0.15, 0.2) is 0 Å². The van der Waals surface area contributed by atoms with E-state index in [0.29, 0.717) is 18.2 Å². The number of aromatic amines is 1. The first-order valence-corrected chi connectivity index (χ1v) is 6.34. The molecule has 0 fully saturated rings. The average Bonchev–Trinajstić information content (AvgIpc) is 2.82. The Labute approximate surface area is 111 Å². The van der Waals surface area contributed by atoms with Crippen molar-refractivity contribution in [2.24, 2.45) is 0 Å². The fraction of sp³-hybridized carbons (Fsp3) is 0.286. The largest absolute Gasteiger partial charge is 0.366 e. The van der Waals surface area contributed by atoms with Crippen molar-refractivity contribution in [3.05, 3.63) is 57.1 Å². The zero-order chi connectivity index (χ0) is 13.2. The van der Waals surface area contributed by atoms with Crippen molar-refractivity contribution in [3.63, 3.8) is 0 Å². The van der Waals surface area contributed by atoms with Gasteiger partial charge in [-0.3, -0.25) is 4.79 Å². The number of aromatic nitrogens is 2. The van der Waals surface area contributed by atoms with Gasteiger partial charge < -0.3 is 15.6 Å². The molecule has 3 N–H and O–H groups in total. The fourth-order valence-corrected chi connectivity index (χ4v) is 2.32. The van der Waals surface area contributed by atoms with Crippen LogP contribution < -0.4 is 16.2 Å². The highest BCUT2D eigenvalue weighted by atomic mass is 16.1. The molecule has 2 heterocycles. The van der Waals surface area contributed by atoms with Gasteiger partial charge in [0.1, 0.15) is 11.6 Å². The average molecular weight is 256 g/mol. The van der Waals surface area contributed by atoms with E-state index in [2.05, 4.69) is 38.8 Å². The lowest BCUT2D eigenvalue weighted by molar-refractivity contribution is 0.764. The number of anilines is 1. The smallest absolute Gasteiger partial charge is 0.252 e. The lowest BCUT2D eigenvalue weighted by Gasteiger charge is -2.07. The number of hydrogen-bond acceptors (Lipinski definition) is 4. The van der Waals surface area contributed by atoms with E-state index in [9.17, 15) is 4.79 Å². The fourth-order valence-electron chi connectivity index (χ4n) is 2.32. The summed E-state index contributed by atoms with van der Waals surface area (Å²) < 4.78 is 0. The predicted molar refractivity (Wildman–Crippen MR) is 73.9 cm³/mol. The quantitative estimate of drug-likeness (QED) is 0.774. The Morgan fingerprint density at radius 3 is 2.95 bits per heavy atom.